The van der Waals surface area contributed by atoms with Crippen molar-refractivity contribution in [2.75, 3.05) is 70.8 Å². The Morgan fingerprint density at radius 3 is 2.23 bits per heavy atom. The quantitative estimate of drug-likeness (QED) is 0.393. The minimum absolute atomic E-state index is 0.115. The van der Waals surface area contributed by atoms with Crippen molar-refractivity contribution < 1.29 is 22.6 Å². The molecular formula is C19H37N5O5S. The predicted octanol–water partition coefficient (Wildman–Crippen LogP) is -0.0536. The number of aromatic nitrogens is 3. The third-order valence-electron chi connectivity index (χ3n) is 4.52. The second-order valence-corrected chi connectivity index (χ2v) is 10.7. The zero-order valence-electron chi connectivity index (χ0n) is 18.5. The third kappa shape index (κ3) is 11.3. The van der Waals surface area contributed by atoms with Gasteiger partial charge in [-0.25, -0.2) is 13.1 Å². The fourth-order valence-electron chi connectivity index (χ4n) is 2.86. The number of sulfone groups is 1. The summed E-state index contributed by atoms with van der Waals surface area (Å²) in [6.45, 7) is 13.0. The molecule has 1 N–H and O–H groups in total. The molecule has 11 heteroatoms. The van der Waals surface area contributed by atoms with E-state index in [1.165, 1.54) is 0 Å². The van der Waals surface area contributed by atoms with Gasteiger partial charge in [0.1, 0.15) is 0 Å². The van der Waals surface area contributed by atoms with E-state index < -0.39 is 9.84 Å². The number of hydrogen-bond donors (Lipinski definition) is 1. The molecule has 30 heavy (non-hydrogen) atoms. The molecule has 10 nitrogen and oxygen atoms in total. The van der Waals surface area contributed by atoms with Crippen LogP contribution in [0.1, 0.15) is 26.5 Å². The molecule has 174 valence electrons. The molecule has 0 amide bonds. The minimum atomic E-state index is -2.86. The Morgan fingerprint density at radius 2 is 1.60 bits per heavy atom. The van der Waals surface area contributed by atoms with Crippen molar-refractivity contribution in [3.05, 3.63) is 11.9 Å². The maximum Gasteiger partial charge on any atom is 0.152 e. The minimum Gasteiger partial charge on any atom is -0.378 e. The molecule has 1 aliphatic heterocycles. The number of rotatable bonds is 14. The molecule has 1 aromatic rings. The highest BCUT2D eigenvalue weighted by molar-refractivity contribution is 7.91. The lowest BCUT2D eigenvalue weighted by Gasteiger charge is -2.25. The van der Waals surface area contributed by atoms with Gasteiger partial charge in [0, 0.05) is 37.9 Å². The van der Waals surface area contributed by atoms with Crippen LogP contribution in [-0.4, -0.2) is 105 Å². The highest BCUT2D eigenvalue weighted by Crippen LogP contribution is 2.07. The molecule has 0 atom stereocenters. The molecule has 0 aliphatic carbocycles. The van der Waals surface area contributed by atoms with E-state index in [4.69, 9.17) is 14.2 Å². The van der Waals surface area contributed by atoms with Crippen LogP contribution in [0.15, 0.2) is 6.20 Å². The van der Waals surface area contributed by atoms with Gasteiger partial charge in [-0.05, 0) is 20.8 Å². The summed E-state index contributed by atoms with van der Waals surface area (Å²) in [4.78, 5) is 2.09. The Kier molecular flexibility index (Phi) is 10.6. The summed E-state index contributed by atoms with van der Waals surface area (Å²) >= 11 is 0. The Balaban J connectivity index is 1.43. The standard InChI is InChI=1S/C19H37N5O5S/c1-19(2,3)20-4-8-27-10-12-29-13-11-28-9-5-24-17-18(21-22-24)16-23-6-14-30(25,26)15-7-23/h17,20H,4-16H2,1-3H3. The Morgan fingerprint density at radius 1 is 1.00 bits per heavy atom. The molecule has 2 heterocycles. The van der Waals surface area contributed by atoms with Crippen molar-refractivity contribution in [3.8, 4) is 0 Å². The van der Waals surface area contributed by atoms with Crippen molar-refractivity contribution in [1.29, 1.82) is 0 Å². The van der Waals surface area contributed by atoms with Gasteiger partial charge in [-0.15, -0.1) is 5.10 Å². The van der Waals surface area contributed by atoms with Gasteiger partial charge in [-0.1, -0.05) is 5.21 Å². The number of ether oxygens (including phenoxy) is 3. The summed E-state index contributed by atoms with van der Waals surface area (Å²) in [5.41, 5.74) is 0.958. The third-order valence-corrected chi connectivity index (χ3v) is 6.13. The lowest BCUT2D eigenvalue weighted by Crippen LogP contribution is -2.39. The zero-order valence-corrected chi connectivity index (χ0v) is 19.3. The Labute approximate surface area is 180 Å². The number of nitrogens with zero attached hydrogens (tertiary/aromatic N) is 4. The van der Waals surface area contributed by atoms with Crippen LogP contribution < -0.4 is 5.32 Å². The van der Waals surface area contributed by atoms with E-state index in [2.05, 4.69) is 41.3 Å². The normalized spacial score (nSPS) is 17.4. The van der Waals surface area contributed by atoms with E-state index in [-0.39, 0.29) is 17.0 Å². The maximum absolute atomic E-state index is 11.5. The fraction of sp³-hybridized carbons (Fsp3) is 0.895. The van der Waals surface area contributed by atoms with Crippen molar-refractivity contribution >= 4 is 9.84 Å². The van der Waals surface area contributed by atoms with Crippen LogP contribution in [0.3, 0.4) is 0 Å². The molecule has 1 aromatic heterocycles. The monoisotopic (exact) mass is 447 g/mol. The first kappa shape index (κ1) is 25.2. The van der Waals surface area contributed by atoms with Crippen molar-refractivity contribution in [2.24, 2.45) is 0 Å². The molecule has 0 bridgehead atoms. The van der Waals surface area contributed by atoms with E-state index >= 15 is 0 Å². The molecule has 2 rings (SSSR count). The average molecular weight is 448 g/mol. The summed E-state index contributed by atoms with van der Waals surface area (Å²) in [6.07, 6.45) is 1.88. The molecule has 0 unspecified atom stereocenters. The molecule has 1 aliphatic rings. The SMILES string of the molecule is CC(C)(C)NCCOCCOCCOCCn1cc(CN2CCS(=O)(=O)CC2)nn1. The fourth-order valence-corrected chi connectivity index (χ4v) is 4.13. The van der Waals surface area contributed by atoms with Crippen LogP contribution in [0.25, 0.3) is 0 Å². The van der Waals surface area contributed by atoms with E-state index in [9.17, 15) is 8.42 Å². The second-order valence-electron chi connectivity index (χ2n) is 8.41. The molecule has 1 saturated heterocycles. The smallest absolute Gasteiger partial charge is 0.152 e. The maximum atomic E-state index is 11.5. The first-order valence-corrected chi connectivity index (χ1v) is 12.4. The topological polar surface area (TPSA) is 108 Å². The first-order valence-electron chi connectivity index (χ1n) is 10.5. The molecule has 1 fully saturated rings. The molecule has 0 spiro atoms. The van der Waals surface area contributed by atoms with E-state index in [1.807, 2.05) is 6.20 Å². The van der Waals surface area contributed by atoms with Crippen LogP contribution in [0.2, 0.25) is 0 Å². The van der Waals surface area contributed by atoms with Gasteiger partial charge in [0.15, 0.2) is 9.84 Å². The van der Waals surface area contributed by atoms with Crippen LogP contribution in [0, 0.1) is 0 Å². The predicted molar refractivity (Wildman–Crippen MR) is 114 cm³/mol. The summed E-state index contributed by atoms with van der Waals surface area (Å²) in [7, 11) is -2.86. The van der Waals surface area contributed by atoms with Crippen molar-refractivity contribution in [2.45, 2.75) is 39.4 Å². The van der Waals surface area contributed by atoms with Gasteiger partial charge in [0.25, 0.3) is 0 Å². The lowest BCUT2D eigenvalue weighted by atomic mass is 10.1. The van der Waals surface area contributed by atoms with Crippen LogP contribution in [0.5, 0.6) is 0 Å². The number of nitrogens with one attached hydrogen (secondary N) is 1. The van der Waals surface area contributed by atoms with Crippen molar-refractivity contribution in [3.63, 3.8) is 0 Å². The molecule has 0 radical (unpaired) electrons. The van der Waals surface area contributed by atoms with E-state index in [0.717, 1.165) is 12.2 Å². The van der Waals surface area contributed by atoms with Gasteiger partial charge in [-0.3, -0.25) is 4.90 Å². The van der Waals surface area contributed by atoms with Crippen LogP contribution in [0.4, 0.5) is 0 Å². The van der Waals surface area contributed by atoms with Gasteiger partial charge in [0.05, 0.1) is 63.4 Å². The van der Waals surface area contributed by atoms with Gasteiger partial charge in [-0.2, -0.15) is 0 Å². The largest absolute Gasteiger partial charge is 0.378 e. The highest BCUT2D eigenvalue weighted by atomic mass is 32.2. The molecule has 0 aromatic carbocycles. The first-order chi connectivity index (χ1) is 14.2. The van der Waals surface area contributed by atoms with Crippen LogP contribution >= 0.6 is 0 Å². The van der Waals surface area contributed by atoms with E-state index in [1.54, 1.807) is 4.68 Å². The summed E-state index contributed by atoms with van der Waals surface area (Å²) in [5, 5.41) is 11.6. The van der Waals surface area contributed by atoms with Gasteiger partial charge >= 0.3 is 0 Å². The van der Waals surface area contributed by atoms with Crippen LogP contribution in [-0.2, 0) is 37.1 Å². The van der Waals surface area contributed by atoms with E-state index in [0.29, 0.717) is 65.8 Å². The summed E-state index contributed by atoms with van der Waals surface area (Å²) in [6, 6.07) is 0. The molecular weight excluding hydrogens is 410 g/mol. The van der Waals surface area contributed by atoms with Crippen molar-refractivity contribution in [1.82, 2.24) is 25.2 Å². The zero-order chi connectivity index (χ0) is 21.9. The number of hydrogen-bond acceptors (Lipinski definition) is 9. The van der Waals surface area contributed by atoms with Gasteiger partial charge in [0.2, 0.25) is 0 Å². The highest BCUT2D eigenvalue weighted by Gasteiger charge is 2.22. The summed E-state index contributed by atoms with van der Waals surface area (Å²) < 4.78 is 41.2. The molecule has 0 saturated carbocycles. The second kappa shape index (κ2) is 12.7. The summed E-state index contributed by atoms with van der Waals surface area (Å²) in [5.74, 6) is 0.440. The lowest BCUT2D eigenvalue weighted by molar-refractivity contribution is 0.0127. The Bertz CT molecular complexity index is 690. The average Bonchev–Trinajstić information content (AvgIpc) is 3.11. The van der Waals surface area contributed by atoms with Gasteiger partial charge < -0.3 is 19.5 Å². The Hall–Kier alpha value is -1.11.